The highest BCUT2D eigenvalue weighted by atomic mass is 35.5. The molecule has 10 heteroatoms. The lowest BCUT2D eigenvalue weighted by Gasteiger charge is -2.07. The molecule has 8 nitrogen and oxygen atoms in total. The Morgan fingerprint density at radius 2 is 2.16 bits per heavy atom. The second-order valence-corrected chi connectivity index (χ2v) is 3.72. The third-order valence-electron chi connectivity index (χ3n) is 1.84. The van der Waals surface area contributed by atoms with Gasteiger partial charge in [-0.05, 0) is 6.92 Å². The molecule has 1 aromatic rings. The van der Waals surface area contributed by atoms with Crippen molar-refractivity contribution in [3.63, 3.8) is 0 Å². The Hall–Kier alpha value is -1.64. The van der Waals surface area contributed by atoms with Gasteiger partial charge in [-0.3, -0.25) is 14.7 Å². The first-order valence-corrected chi connectivity index (χ1v) is 5.72. The van der Waals surface area contributed by atoms with E-state index in [0.29, 0.717) is 6.61 Å². The highest BCUT2D eigenvalue weighted by molar-refractivity contribution is 6.40. The van der Waals surface area contributed by atoms with Crippen molar-refractivity contribution in [2.24, 2.45) is 0 Å². The summed E-state index contributed by atoms with van der Waals surface area (Å²) < 4.78 is 10.5. The van der Waals surface area contributed by atoms with Gasteiger partial charge in [-0.1, -0.05) is 23.2 Å². The highest BCUT2D eigenvalue weighted by Crippen LogP contribution is 2.23. The maximum atomic E-state index is 11.6. The van der Waals surface area contributed by atoms with Crippen molar-refractivity contribution < 1.29 is 23.9 Å². The summed E-state index contributed by atoms with van der Waals surface area (Å²) in [5.74, 6) is -1.43. The summed E-state index contributed by atoms with van der Waals surface area (Å²) in [5.41, 5.74) is 0. The van der Waals surface area contributed by atoms with Crippen LogP contribution in [0.15, 0.2) is 0 Å². The molecule has 1 heterocycles. The molecule has 0 aromatic carbocycles. The van der Waals surface area contributed by atoms with Crippen LogP contribution in [0.5, 0.6) is 0 Å². The molecule has 0 atom stereocenters. The SMILES string of the molecule is CCOCn1c(C(=O)OC(=O)NC=O)nc(Cl)c1Cl. The molecule has 0 aliphatic rings. The minimum atomic E-state index is -1.24. The number of hydrogen-bond donors (Lipinski definition) is 1. The molecule has 2 amide bonds. The molecule has 1 N–H and O–H groups in total. The maximum Gasteiger partial charge on any atom is 0.421 e. The first kappa shape index (κ1) is 15.4. The topological polar surface area (TPSA) is 99.5 Å². The number of halogens is 2. The minimum absolute atomic E-state index is 0.0298. The average Bonchev–Trinajstić information content (AvgIpc) is 2.64. The van der Waals surface area contributed by atoms with Gasteiger partial charge in [0.05, 0.1) is 0 Å². The quantitative estimate of drug-likeness (QED) is 0.498. The van der Waals surface area contributed by atoms with Crippen molar-refractivity contribution in [3.8, 4) is 0 Å². The minimum Gasteiger partial charge on any atom is -0.370 e. The van der Waals surface area contributed by atoms with E-state index in [1.54, 1.807) is 12.2 Å². The molecule has 1 aromatic heterocycles. The van der Waals surface area contributed by atoms with Gasteiger partial charge in [-0.15, -0.1) is 0 Å². The summed E-state index contributed by atoms with van der Waals surface area (Å²) in [6.45, 7) is 2.02. The number of amides is 2. The Morgan fingerprint density at radius 1 is 1.47 bits per heavy atom. The molecule has 0 fully saturated rings. The van der Waals surface area contributed by atoms with Crippen LogP contribution >= 0.6 is 23.2 Å². The highest BCUT2D eigenvalue weighted by Gasteiger charge is 2.23. The Bertz CT molecular complexity index is 502. The fourth-order valence-electron chi connectivity index (χ4n) is 1.07. The third-order valence-corrected chi connectivity index (χ3v) is 2.58. The smallest absolute Gasteiger partial charge is 0.370 e. The van der Waals surface area contributed by atoms with E-state index in [1.165, 1.54) is 0 Å². The summed E-state index contributed by atoms with van der Waals surface area (Å²) in [6.07, 6.45) is -1.17. The van der Waals surface area contributed by atoms with Crippen molar-refractivity contribution in [1.82, 2.24) is 14.9 Å². The van der Waals surface area contributed by atoms with Crippen molar-refractivity contribution in [2.75, 3.05) is 6.61 Å². The number of esters is 1. The summed E-state index contributed by atoms with van der Waals surface area (Å²) >= 11 is 11.5. The number of rotatable bonds is 5. The van der Waals surface area contributed by atoms with Crippen LogP contribution in [-0.2, 0) is 21.0 Å². The van der Waals surface area contributed by atoms with Crippen LogP contribution in [0.2, 0.25) is 10.3 Å². The van der Waals surface area contributed by atoms with Gasteiger partial charge in [0.1, 0.15) is 11.9 Å². The first-order valence-electron chi connectivity index (χ1n) is 4.96. The number of carbonyl (C=O) groups excluding carboxylic acids is 3. The van der Waals surface area contributed by atoms with E-state index >= 15 is 0 Å². The summed E-state index contributed by atoms with van der Waals surface area (Å²) in [5, 5.41) is 1.47. The molecule has 0 saturated carbocycles. The van der Waals surface area contributed by atoms with Crippen molar-refractivity contribution in [3.05, 3.63) is 16.1 Å². The molecule has 0 aliphatic carbocycles. The summed E-state index contributed by atoms with van der Waals surface area (Å²) in [4.78, 5) is 36.2. The molecule has 0 spiro atoms. The molecule has 19 heavy (non-hydrogen) atoms. The molecule has 1 rings (SSSR count). The van der Waals surface area contributed by atoms with Gasteiger partial charge in [0.2, 0.25) is 12.2 Å². The van der Waals surface area contributed by atoms with E-state index in [4.69, 9.17) is 27.9 Å². The van der Waals surface area contributed by atoms with Gasteiger partial charge in [-0.2, -0.15) is 0 Å². The Morgan fingerprint density at radius 3 is 2.74 bits per heavy atom. The molecule has 0 bridgehead atoms. The number of nitrogens with one attached hydrogen (secondary N) is 1. The van der Waals surface area contributed by atoms with E-state index in [1.807, 2.05) is 0 Å². The zero-order valence-electron chi connectivity index (χ0n) is 9.68. The predicted octanol–water partition coefficient (Wildman–Crippen LogP) is 1.21. The van der Waals surface area contributed by atoms with Crippen LogP contribution in [-0.4, -0.2) is 34.6 Å². The Balaban J connectivity index is 2.92. The van der Waals surface area contributed by atoms with Crippen molar-refractivity contribution in [1.29, 1.82) is 0 Å². The van der Waals surface area contributed by atoms with Crippen LogP contribution in [0.4, 0.5) is 4.79 Å². The lowest BCUT2D eigenvalue weighted by molar-refractivity contribution is -0.108. The number of imidazole rings is 1. The number of imide groups is 1. The lowest BCUT2D eigenvalue weighted by Crippen LogP contribution is -2.27. The second kappa shape index (κ2) is 7.07. The molecular weight excluding hydrogens is 301 g/mol. The molecule has 104 valence electrons. The van der Waals surface area contributed by atoms with Crippen molar-refractivity contribution in [2.45, 2.75) is 13.7 Å². The fraction of sp³-hybridized carbons (Fsp3) is 0.333. The molecule has 0 unspecified atom stereocenters. The van der Waals surface area contributed by atoms with Crippen molar-refractivity contribution >= 4 is 41.7 Å². The maximum absolute atomic E-state index is 11.6. The van der Waals surface area contributed by atoms with E-state index in [0.717, 1.165) is 4.57 Å². The van der Waals surface area contributed by atoms with Crippen LogP contribution in [0.3, 0.4) is 0 Å². The standard InChI is InChI=1S/C9H9Cl2N3O5/c1-2-18-4-14-6(11)5(10)13-7(14)8(16)19-9(17)12-3-15/h3H,2,4H2,1H3,(H,12,15,17). The van der Waals surface area contributed by atoms with E-state index in [9.17, 15) is 14.4 Å². The monoisotopic (exact) mass is 309 g/mol. The zero-order chi connectivity index (χ0) is 14.4. The number of ether oxygens (including phenoxy) is 2. The molecular formula is C9H9Cl2N3O5. The number of nitrogens with zero attached hydrogens (tertiary/aromatic N) is 2. The third kappa shape index (κ3) is 3.91. The number of aromatic nitrogens is 2. The lowest BCUT2D eigenvalue weighted by atomic mass is 10.6. The zero-order valence-corrected chi connectivity index (χ0v) is 11.2. The van der Waals surface area contributed by atoms with Crippen LogP contribution < -0.4 is 5.32 Å². The van der Waals surface area contributed by atoms with Gasteiger partial charge in [0.25, 0.3) is 0 Å². The summed E-state index contributed by atoms with van der Waals surface area (Å²) in [6, 6.07) is 0. The first-order chi connectivity index (χ1) is 9.01. The number of carbonyl (C=O) groups is 3. The van der Waals surface area contributed by atoms with Gasteiger partial charge >= 0.3 is 12.1 Å². The van der Waals surface area contributed by atoms with Gasteiger partial charge in [0, 0.05) is 6.61 Å². The second-order valence-electron chi connectivity index (χ2n) is 3.01. The fourth-order valence-corrected chi connectivity index (χ4v) is 1.42. The predicted molar refractivity (Wildman–Crippen MR) is 63.9 cm³/mol. The average molecular weight is 310 g/mol. The Kier molecular flexibility index (Phi) is 5.74. The summed E-state index contributed by atoms with van der Waals surface area (Å²) in [7, 11) is 0. The molecule has 0 aliphatic heterocycles. The van der Waals surface area contributed by atoms with E-state index < -0.39 is 12.1 Å². The van der Waals surface area contributed by atoms with Crippen LogP contribution in [0, 0.1) is 0 Å². The van der Waals surface area contributed by atoms with Gasteiger partial charge in [0.15, 0.2) is 5.15 Å². The van der Waals surface area contributed by atoms with Crippen LogP contribution in [0.25, 0.3) is 0 Å². The van der Waals surface area contributed by atoms with Gasteiger partial charge < -0.3 is 9.47 Å². The number of alkyl carbamates (subject to hydrolysis) is 1. The van der Waals surface area contributed by atoms with Crippen LogP contribution in [0.1, 0.15) is 17.5 Å². The largest absolute Gasteiger partial charge is 0.421 e. The Labute approximate surface area is 117 Å². The van der Waals surface area contributed by atoms with Gasteiger partial charge in [-0.25, -0.2) is 14.6 Å². The number of hydrogen-bond acceptors (Lipinski definition) is 6. The molecule has 0 saturated heterocycles. The normalized spacial score (nSPS) is 10.1. The van der Waals surface area contributed by atoms with E-state index in [2.05, 4.69) is 9.72 Å². The molecule has 0 radical (unpaired) electrons. The van der Waals surface area contributed by atoms with E-state index in [-0.39, 0.29) is 29.3 Å².